The zero-order valence-electron chi connectivity index (χ0n) is 14.4. The van der Waals surface area contributed by atoms with Crippen molar-refractivity contribution in [3.8, 4) is 0 Å². The number of piperazine rings is 1. The van der Waals surface area contributed by atoms with Crippen molar-refractivity contribution in [1.29, 1.82) is 0 Å². The fourth-order valence-corrected chi connectivity index (χ4v) is 3.55. The quantitative estimate of drug-likeness (QED) is 0.507. The number of hydrogen-bond donors (Lipinski definition) is 0. The van der Waals surface area contributed by atoms with Crippen molar-refractivity contribution in [2.24, 2.45) is 0 Å². The van der Waals surface area contributed by atoms with Gasteiger partial charge in [-0.25, -0.2) is 0 Å². The number of hydrogen-bond acceptors (Lipinski definition) is 4. The first-order valence-electron chi connectivity index (χ1n) is 8.33. The number of carbonyl (C=O) groups is 1. The fraction of sp³-hybridized carbons (Fsp3) is 0.278. The Morgan fingerprint density at radius 2 is 1.71 bits per heavy atom. The molecule has 0 radical (unpaired) electrons. The van der Waals surface area contributed by atoms with Crippen LogP contribution in [0.4, 0.5) is 24.5 Å². The third-order valence-electron chi connectivity index (χ3n) is 4.51. The number of halogens is 4. The second kappa shape index (κ2) is 7.78. The van der Waals surface area contributed by atoms with Gasteiger partial charge in [-0.15, -0.1) is 0 Å². The zero-order valence-corrected chi connectivity index (χ0v) is 16.0. The summed E-state index contributed by atoms with van der Waals surface area (Å²) in [5.41, 5.74) is -1.29. The van der Waals surface area contributed by atoms with Gasteiger partial charge in [-0.3, -0.25) is 14.9 Å². The number of rotatable bonds is 3. The predicted molar refractivity (Wildman–Crippen MR) is 100 cm³/mol. The molecule has 0 bridgehead atoms. The first kappa shape index (κ1) is 20.1. The number of amides is 1. The molecule has 0 spiro atoms. The van der Waals surface area contributed by atoms with Crippen molar-refractivity contribution in [3.63, 3.8) is 0 Å². The molecule has 1 amide bonds. The van der Waals surface area contributed by atoms with E-state index < -0.39 is 22.4 Å². The Morgan fingerprint density at radius 1 is 1.07 bits per heavy atom. The summed E-state index contributed by atoms with van der Waals surface area (Å²) in [6.45, 7) is 0.872. The molecule has 0 N–H and O–H groups in total. The fourth-order valence-electron chi connectivity index (χ4n) is 3.10. The molecule has 1 aliphatic heterocycles. The number of non-ortho nitro benzene ring substituents is 1. The molecular formula is C18H15BrF3N3O3. The van der Waals surface area contributed by atoms with Crippen LogP contribution >= 0.6 is 15.9 Å². The Labute approximate surface area is 166 Å². The van der Waals surface area contributed by atoms with E-state index in [4.69, 9.17) is 0 Å². The van der Waals surface area contributed by atoms with Gasteiger partial charge in [0.25, 0.3) is 11.6 Å². The minimum Gasteiger partial charge on any atom is -0.367 e. The van der Waals surface area contributed by atoms with E-state index in [1.165, 1.54) is 4.90 Å². The highest BCUT2D eigenvalue weighted by Crippen LogP contribution is 2.39. The third kappa shape index (κ3) is 4.11. The van der Waals surface area contributed by atoms with E-state index in [0.717, 1.165) is 12.1 Å². The van der Waals surface area contributed by atoms with E-state index in [-0.39, 0.29) is 37.8 Å². The van der Waals surface area contributed by atoms with Gasteiger partial charge in [-0.2, -0.15) is 13.2 Å². The summed E-state index contributed by atoms with van der Waals surface area (Å²) in [6, 6.07) is 9.67. The Kier molecular flexibility index (Phi) is 5.59. The molecule has 1 heterocycles. The standard InChI is InChI=1S/C18H15BrF3N3O3/c19-15-4-2-1-3-13(15)17(26)24-9-7-23(8-10-24)16-6-5-12(25(27)28)11-14(16)18(20,21)22/h1-6,11H,7-10H2. The highest BCUT2D eigenvalue weighted by Gasteiger charge is 2.37. The third-order valence-corrected chi connectivity index (χ3v) is 5.20. The van der Waals surface area contributed by atoms with Gasteiger partial charge in [0, 0.05) is 48.5 Å². The molecule has 2 aromatic rings. The molecule has 0 saturated carbocycles. The SMILES string of the molecule is O=C(c1ccccc1Br)N1CCN(c2ccc([N+](=O)[O-])cc2C(F)(F)F)CC1. The molecule has 28 heavy (non-hydrogen) atoms. The molecule has 2 aromatic carbocycles. The number of nitro benzene ring substituents is 1. The van der Waals surface area contributed by atoms with Crippen LogP contribution in [0.2, 0.25) is 0 Å². The van der Waals surface area contributed by atoms with Crippen LogP contribution in [0.5, 0.6) is 0 Å². The van der Waals surface area contributed by atoms with E-state index in [1.54, 1.807) is 29.2 Å². The molecule has 0 aliphatic carbocycles. The van der Waals surface area contributed by atoms with Gasteiger partial charge in [0.05, 0.1) is 16.1 Å². The van der Waals surface area contributed by atoms with E-state index in [0.29, 0.717) is 16.1 Å². The Morgan fingerprint density at radius 3 is 2.29 bits per heavy atom. The van der Waals surface area contributed by atoms with Gasteiger partial charge in [0.2, 0.25) is 0 Å². The zero-order chi connectivity index (χ0) is 20.5. The summed E-state index contributed by atoms with van der Waals surface area (Å²) in [7, 11) is 0. The largest absolute Gasteiger partial charge is 0.418 e. The maximum Gasteiger partial charge on any atom is 0.418 e. The second-order valence-electron chi connectivity index (χ2n) is 6.22. The van der Waals surface area contributed by atoms with Gasteiger partial charge < -0.3 is 9.80 Å². The van der Waals surface area contributed by atoms with Crippen LogP contribution in [0.15, 0.2) is 46.9 Å². The highest BCUT2D eigenvalue weighted by molar-refractivity contribution is 9.10. The maximum atomic E-state index is 13.4. The van der Waals surface area contributed by atoms with Crippen LogP contribution in [-0.4, -0.2) is 41.9 Å². The molecule has 0 unspecified atom stereocenters. The molecule has 1 aliphatic rings. The monoisotopic (exact) mass is 457 g/mol. The summed E-state index contributed by atoms with van der Waals surface area (Å²) in [5, 5.41) is 10.8. The van der Waals surface area contributed by atoms with Gasteiger partial charge in [0.15, 0.2) is 0 Å². The molecule has 0 atom stereocenters. The summed E-state index contributed by atoms with van der Waals surface area (Å²) < 4.78 is 40.8. The number of alkyl halides is 3. The van der Waals surface area contributed by atoms with Crippen LogP contribution in [-0.2, 0) is 6.18 Å². The van der Waals surface area contributed by atoms with Crippen molar-refractivity contribution >= 4 is 33.2 Å². The van der Waals surface area contributed by atoms with E-state index in [9.17, 15) is 28.1 Å². The lowest BCUT2D eigenvalue weighted by molar-refractivity contribution is -0.385. The minimum atomic E-state index is -4.72. The predicted octanol–water partition coefficient (Wildman–Crippen LogP) is 4.34. The lowest BCUT2D eigenvalue weighted by Crippen LogP contribution is -2.49. The first-order chi connectivity index (χ1) is 13.2. The van der Waals surface area contributed by atoms with Crippen LogP contribution in [0.25, 0.3) is 0 Å². The Balaban J connectivity index is 1.79. The number of benzene rings is 2. The molecule has 148 valence electrons. The average Bonchev–Trinajstić information content (AvgIpc) is 2.67. The van der Waals surface area contributed by atoms with Crippen LogP contribution < -0.4 is 4.90 Å². The van der Waals surface area contributed by atoms with Gasteiger partial charge in [0.1, 0.15) is 0 Å². The summed E-state index contributed by atoms with van der Waals surface area (Å²) in [4.78, 5) is 25.7. The van der Waals surface area contributed by atoms with Crippen molar-refractivity contribution < 1.29 is 22.9 Å². The summed E-state index contributed by atoms with van der Waals surface area (Å²) in [5.74, 6) is -0.202. The molecule has 3 rings (SSSR count). The second-order valence-corrected chi connectivity index (χ2v) is 7.07. The van der Waals surface area contributed by atoms with Crippen molar-refractivity contribution in [2.45, 2.75) is 6.18 Å². The molecule has 1 fully saturated rings. The number of nitrogens with zero attached hydrogens (tertiary/aromatic N) is 3. The lowest BCUT2D eigenvalue weighted by Gasteiger charge is -2.37. The lowest BCUT2D eigenvalue weighted by atomic mass is 10.1. The maximum absolute atomic E-state index is 13.4. The summed E-state index contributed by atoms with van der Waals surface area (Å²) in [6.07, 6.45) is -4.72. The van der Waals surface area contributed by atoms with E-state index in [1.807, 2.05) is 0 Å². The molecular weight excluding hydrogens is 443 g/mol. The molecule has 0 aromatic heterocycles. The molecule has 6 nitrogen and oxygen atoms in total. The van der Waals surface area contributed by atoms with Gasteiger partial charge in [-0.05, 0) is 34.1 Å². The number of carbonyl (C=O) groups excluding carboxylic acids is 1. The first-order valence-corrected chi connectivity index (χ1v) is 9.12. The van der Waals surface area contributed by atoms with E-state index >= 15 is 0 Å². The molecule has 1 saturated heterocycles. The van der Waals surface area contributed by atoms with Crippen LogP contribution in [0.1, 0.15) is 15.9 Å². The van der Waals surface area contributed by atoms with E-state index in [2.05, 4.69) is 15.9 Å². The smallest absolute Gasteiger partial charge is 0.367 e. The number of nitro groups is 1. The van der Waals surface area contributed by atoms with Crippen LogP contribution in [0.3, 0.4) is 0 Å². The number of anilines is 1. The van der Waals surface area contributed by atoms with Gasteiger partial charge in [-0.1, -0.05) is 12.1 Å². The Bertz CT molecular complexity index is 912. The van der Waals surface area contributed by atoms with Crippen LogP contribution in [0, 0.1) is 10.1 Å². The summed E-state index contributed by atoms with van der Waals surface area (Å²) >= 11 is 3.32. The van der Waals surface area contributed by atoms with Crippen molar-refractivity contribution in [1.82, 2.24) is 4.90 Å². The molecule has 10 heteroatoms. The van der Waals surface area contributed by atoms with Gasteiger partial charge >= 0.3 is 6.18 Å². The topological polar surface area (TPSA) is 66.7 Å². The normalized spacial score (nSPS) is 14.9. The van der Waals surface area contributed by atoms with Crippen molar-refractivity contribution in [2.75, 3.05) is 31.1 Å². The van der Waals surface area contributed by atoms with Crippen molar-refractivity contribution in [3.05, 3.63) is 68.2 Å². The highest BCUT2D eigenvalue weighted by atomic mass is 79.9. The average molecular weight is 458 g/mol. The Hall–Kier alpha value is -2.62. The minimum absolute atomic E-state index is 0.119.